The van der Waals surface area contributed by atoms with Gasteiger partial charge in [-0.05, 0) is 88.2 Å². The third-order valence-corrected chi connectivity index (χ3v) is 10.6. The molecule has 23 heteroatoms. The van der Waals surface area contributed by atoms with Gasteiger partial charge < -0.3 is 49.3 Å². The highest BCUT2D eigenvalue weighted by Crippen LogP contribution is 2.35. The second-order valence-corrected chi connectivity index (χ2v) is 16.2. The van der Waals surface area contributed by atoms with Crippen LogP contribution in [0.3, 0.4) is 0 Å². The van der Waals surface area contributed by atoms with Gasteiger partial charge >= 0.3 is 0 Å². The molecule has 0 spiro atoms. The van der Waals surface area contributed by atoms with E-state index in [1.807, 2.05) is 11.5 Å². The number of anilines is 1. The molecule has 3 aromatic heterocycles. The molecule has 1 aromatic carbocycles. The fraction of sp³-hybridized carbons (Fsp3) is 0.522. The molecular formula is C46H59N11O12. The molecule has 5 heterocycles. The number of nitrogens with one attached hydrogen (secondary N) is 4. The van der Waals surface area contributed by atoms with Crippen LogP contribution in [0.1, 0.15) is 79.3 Å². The number of ether oxygens (including phenoxy) is 5. The molecule has 1 unspecified atom stereocenters. The van der Waals surface area contributed by atoms with E-state index >= 15 is 0 Å². The van der Waals surface area contributed by atoms with Crippen LogP contribution >= 0.6 is 0 Å². The van der Waals surface area contributed by atoms with Crippen molar-refractivity contribution in [1.82, 2.24) is 45.7 Å². The van der Waals surface area contributed by atoms with E-state index in [4.69, 9.17) is 33.3 Å². The summed E-state index contributed by atoms with van der Waals surface area (Å²) in [6, 6.07) is 3.86. The highest BCUT2D eigenvalue weighted by Gasteiger charge is 2.45. The number of rotatable bonds is 29. The van der Waals surface area contributed by atoms with Gasteiger partial charge in [0.25, 0.3) is 11.8 Å². The molecule has 2 aliphatic heterocycles. The van der Waals surface area contributed by atoms with E-state index < -0.39 is 35.3 Å². The molecule has 4 aromatic rings. The summed E-state index contributed by atoms with van der Waals surface area (Å²) in [5.41, 5.74) is 1.44. The van der Waals surface area contributed by atoms with Crippen molar-refractivity contribution < 1.29 is 57.4 Å². The van der Waals surface area contributed by atoms with Gasteiger partial charge in [-0.3, -0.25) is 34.2 Å². The van der Waals surface area contributed by atoms with Crippen LogP contribution in [0.15, 0.2) is 34.0 Å². The normalized spacial score (nSPS) is 14.7. The molecule has 0 bridgehead atoms. The molecule has 69 heavy (non-hydrogen) atoms. The quantitative estimate of drug-likeness (QED) is 0.0224. The number of aliphatic imine (C=N–C) groups is 1. The smallest absolute Gasteiger partial charge is 0.264 e. The number of pyridine rings is 1. The number of aliphatic hydroxyl groups is 1. The van der Waals surface area contributed by atoms with Crippen molar-refractivity contribution in [3.05, 3.63) is 41.2 Å². The van der Waals surface area contributed by atoms with Crippen molar-refractivity contribution in [1.29, 1.82) is 0 Å². The van der Waals surface area contributed by atoms with Gasteiger partial charge in [-0.1, -0.05) is 12.0 Å². The molecule has 0 aliphatic carbocycles. The van der Waals surface area contributed by atoms with Crippen molar-refractivity contribution in [2.75, 3.05) is 91.0 Å². The van der Waals surface area contributed by atoms with Crippen LogP contribution in [-0.2, 0) is 39.9 Å². The lowest BCUT2D eigenvalue weighted by Gasteiger charge is -2.27. The number of imide groups is 2. The summed E-state index contributed by atoms with van der Waals surface area (Å²) in [6.07, 6.45) is 3.47. The fourth-order valence-corrected chi connectivity index (χ4v) is 7.35. The molecular weight excluding hydrogens is 899 g/mol. The largest absolute Gasteiger partial charge is 0.490 e. The molecule has 6 rings (SSSR count). The van der Waals surface area contributed by atoms with Crippen LogP contribution in [0.2, 0.25) is 0 Å². The standard InChI is InChI=1S/C46H59N11O12/c1-5-56-40-34(29-51-32(14-15-46(2,3)63)38(40)53-42(56)39-41(47-4)55-69-54-39)68-20-8-17-48-16-7-11-35(58)50-19-22-65-24-26-67-28-27-66-25-23-64-21-18-49-31-10-6-9-30-37(31)45(62)57(44(30)61)33-12-13-36(59)52-43(33)60/h6,9-10,29,33,48-49,63H,4-5,7-8,11-13,16-28H2,1-3H3,(H,50,58)(H,52,59,60). The third-order valence-electron chi connectivity index (χ3n) is 10.6. The SMILES string of the molecule is C=Nc1nonc1-c1nc2c(C#CC(C)(C)O)ncc(OCCCNCCCC(=O)NCCOCCOCCOCCOCCNc3cccc4c3C(=O)N(C3CCC(=O)NC3=O)C4=O)c2n1CC. The Morgan fingerprint density at radius 3 is 2.36 bits per heavy atom. The summed E-state index contributed by atoms with van der Waals surface area (Å²) in [5.74, 6) is 4.60. The van der Waals surface area contributed by atoms with Crippen molar-refractivity contribution in [3.63, 3.8) is 0 Å². The number of imidazole rings is 1. The number of fused-ring (bicyclic) bond motifs is 2. The first-order chi connectivity index (χ1) is 33.4. The minimum absolute atomic E-state index is 0.0526. The number of benzene rings is 1. The summed E-state index contributed by atoms with van der Waals surface area (Å²) in [7, 11) is 0. The predicted molar refractivity (Wildman–Crippen MR) is 249 cm³/mol. The number of carbonyl (C=O) groups excluding carboxylic acids is 5. The lowest BCUT2D eigenvalue weighted by molar-refractivity contribution is -0.136. The average Bonchev–Trinajstić information content (AvgIpc) is 4.03. The summed E-state index contributed by atoms with van der Waals surface area (Å²) in [4.78, 5) is 76.5. The van der Waals surface area contributed by atoms with Crippen molar-refractivity contribution in [2.45, 2.75) is 71.1 Å². The Labute approximate surface area is 398 Å². The zero-order chi connectivity index (χ0) is 49.2. The van der Waals surface area contributed by atoms with Crippen LogP contribution in [0.25, 0.3) is 22.6 Å². The van der Waals surface area contributed by atoms with Gasteiger partial charge in [-0.2, -0.15) is 0 Å². The summed E-state index contributed by atoms with van der Waals surface area (Å²) in [5, 5.41) is 29.5. The molecule has 5 N–H and O–H groups in total. The Bertz CT molecular complexity index is 2510. The van der Waals surface area contributed by atoms with E-state index in [1.165, 1.54) is 0 Å². The van der Waals surface area contributed by atoms with E-state index in [0.29, 0.717) is 151 Å². The Morgan fingerprint density at radius 2 is 1.67 bits per heavy atom. The van der Waals surface area contributed by atoms with Crippen LogP contribution < -0.4 is 26.0 Å². The number of aryl methyl sites for hydroxylation is 1. The van der Waals surface area contributed by atoms with E-state index in [0.717, 1.165) is 4.90 Å². The zero-order valence-electron chi connectivity index (χ0n) is 39.1. The first-order valence-electron chi connectivity index (χ1n) is 22.9. The highest BCUT2D eigenvalue weighted by atomic mass is 16.6. The molecule has 0 saturated carbocycles. The Morgan fingerprint density at radius 1 is 0.957 bits per heavy atom. The molecule has 1 atom stereocenters. The van der Waals surface area contributed by atoms with Gasteiger partial charge in [0.05, 0.1) is 76.8 Å². The average molecular weight is 958 g/mol. The number of carbonyl (C=O) groups is 5. The Hall–Kier alpha value is -6.68. The minimum Gasteiger partial charge on any atom is -0.490 e. The number of nitrogens with zero attached hydrogens (tertiary/aromatic N) is 7. The first-order valence-corrected chi connectivity index (χ1v) is 22.9. The highest BCUT2D eigenvalue weighted by molar-refractivity contribution is 6.25. The van der Waals surface area contributed by atoms with Crippen molar-refractivity contribution >= 4 is 58.8 Å². The summed E-state index contributed by atoms with van der Waals surface area (Å²) >= 11 is 0. The molecule has 1 saturated heterocycles. The van der Waals surface area contributed by atoms with Crippen LogP contribution in [0.5, 0.6) is 5.75 Å². The Balaban J connectivity index is 0.747. The Kier molecular flexibility index (Phi) is 19.2. The van der Waals surface area contributed by atoms with E-state index in [-0.39, 0.29) is 35.7 Å². The van der Waals surface area contributed by atoms with Crippen LogP contribution in [-0.4, -0.2) is 168 Å². The maximum Gasteiger partial charge on any atom is 0.264 e. The van der Waals surface area contributed by atoms with Crippen molar-refractivity contribution in [3.8, 4) is 29.1 Å². The number of hydrogen-bond donors (Lipinski definition) is 5. The van der Waals surface area contributed by atoms with Crippen LogP contribution in [0, 0.1) is 11.8 Å². The lowest BCUT2D eigenvalue weighted by Crippen LogP contribution is -2.54. The number of piperidine rings is 1. The molecule has 2 aliphatic rings. The number of hydrogen-bond acceptors (Lipinski definition) is 19. The fourth-order valence-electron chi connectivity index (χ4n) is 7.35. The molecule has 370 valence electrons. The number of amides is 5. The van der Waals surface area contributed by atoms with E-state index in [1.54, 1.807) is 38.2 Å². The monoisotopic (exact) mass is 957 g/mol. The topological polar surface area (TPSA) is 285 Å². The molecule has 5 amide bonds. The first kappa shape index (κ1) is 51.7. The maximum atomic E-state index is 13.2. The summed E-state index contributed by atoms with van der Waals surface area (Å²) < 4.78 is 35.2. The van der Waals surface area contributed by atoms with Crippen molar-refractivity contribution in [2.24, 2.45) is 4.99 Å². The van der Waals surface area contributed by atoms with Gasteiger partial charge in [0.1, 0.15) is 28.4 Å². The van der Waals surface area contributed by atoms with Gasteiger partial charge in [-0.25, -0.2) is 19.6 Å². The number of aromatic nitrogens is 5. The summed E-state index contributed by atoms with van der Waals surface area (Å²) in [6.45, 7) is 14.5. The molecule has 0 radical (unpaired) electrons. The lowest BCUT2D eigenvalue weighted by atomic mass is 10.0. The van der Waals surface area contributed by atoms with Gasteiger partial charge in [0.2, 0.25) is 23.5 Å². The predicted octanol–water partition coefficient (Wildman–Crippen LogP) is 1.79. The molecule has 23 nitrogen and oxygen atoms in total. The second kappa shape index (κ2) is 25.6. The van der Waals surface area contributed by atoms with Gasteiger partial charge in [0, 0.05) is 38.2 Å². The molecule has 1 fully saturated rings. The van der Waals surface area contributed by atoms with Gasteiger partial charge in [-0.15, -0.1) is 0 Å². The van der Waals surface area contributed by atoms with Gasteiger partial charge in [0.15, 0.2) is 17.3 Å². The third kappa shape index (κ3) is 14.2. The second-order valence-electron chi connectivity index (χ2n) is 16.2. The van der Waals surface area contributed by atoms with E-state index in [9.17, 15) is 29.1 Å². The minimum atomic E-state index is -1.23. The zero-order valence-corrected chi connectivity index (χ0v) is 39.1. The van der Waals surface area contributed by atoms with Crippen LogP contribution in [0.4, 0.5) is 11.5 Å². The van der Waals surface area contributed by atoms with E-state index in [2.05, 4.69) is 60.1 Å². The maximum absolute atomic E-state index is 13.2.